The summed E-state index contributed by atoms with van der Waals surface area (Å²) in [5.41, 5.74) is 0.414. The number of hydrogen-bond acceptors (Lipinski definition) is 2. The Bertz CT molecular complexity index is 139. The summed E-state index contributed by atoms with van der Waals surface area (Å²) in [6.07, 6.45) is 1.32. The van der Waals surface area contributed by atoms with Crippen molar-refractivity contribution in [1.82, 2.24) is 5.32 Å². The fraction of sp³-hybridized carbons (Fsp3) is 1.00. The van der Waals surface area contributed by atoms with Gasteiger partial charge in [0.1, 0.15) is 0 Å². The van der Waals surface area contributed by atoms with Crippen LogP contribution in [-0.2, 0) is 0 Å². The molecule has 0 saturated carbocycles. The molecule has 2 atom stereocenters. The summed E-state index contributed by atoms with van der Waals surface area (Å²) in [4.78, 5) is 0. The predicted molar refractivity (Wildman–Crippen MR) is 57.8 cm³/mol. The minimum absolute atomic E-state index is 0.414. The van der Waals surface area contributed by atoms with E-state index >= 15 is 0 Å². The second-order valence-electron chi connectivity index (χ2n) is 4.81. The van der Waals surface area contributed by atoms with Gasteiger partial charge in [-0.05, 0) is 18.4 Å². The van der Waals surface area contributed by atoms with E-state index in [1.807, 2.05) is 0 Å². The van der Waals surface area contributed by atoms with Crippen molar-refractivity contribution in [2.24, 2.45) is 5.41 Å². The zero-order valence-corrected chi connectivity index (χ0v) is 9.50. The van der Waals surface area contributed by atoms with E-state index in [0.29, 0.717) is 11.5 Å². The van der Waals surface area contributed by atoms with Crippen LogP contribution in [0.4, 0.5) is 0 Å². The molecule has 1 saturated heterocycles. The average molecular weight is 187 g/mol. The molecule has 0 radical (unpaired) electrons. The van der Waals surface area contributed by atoms with Gasteiger partial charge in [0.2, 0.25) is 0 Å². The molecule has 1 N–H and O–H groups in total. The molecule has 2 heteroatoms. The van der Waals surface area contributed by atoms with E-state index in [0.717, 1.165) is 5.25 Å². The Morgan fingerprint density at radius 2 is 2.00 bits per heavy atom. The van der Waals surface area contributed by atoms with E-state index in [-0.39, 0.29) is 0 Å². The molecule has 0 aromatic heterocycles. The predicted octanol–water partition coefficient (Wildman–Crippen LogP) is 2.52. The van der Waals surface area contributed by atoms with Crippen molar-refractivity contribution in [3.8, 4) is 0 Å². The Morgan fingerprint density at radius 3 is 2.58 bits per heavy atom. The van der Waals surface area contributed by atoms with Crippen LogP contribution in [0.15, 0.2) is 0 Å². The van der Waals surface area contributed by atoms with Gasteiger partial charge in [-0.3, -0.25) is 0 Å². The Balaban J connectivity index is 2.46. The highest BCUT2D eigenvalue weighted by atomic mass is 32.2. The quantitative estimate of drug-likeness (QED) is 0.625. The average Bonchev–Trinajstić information content (AvgIpc) is 2.11. The van der Waals surface area contributed by atoms with Gasteiger partial charge in [0.05, 0.1) is 0 Å². The van der Waals surface area contributed by atoms with E-state index in [2.05, 4.69) is 44.8 Å². The summed E-state index contributed by atoms with van der Waals surface area (Å²) in [6, 6.07) is 0.687. The minimum atomic E-state index is 0.414. The van der Waals surface area contributed by atoms with Crippen molar-refractivity contribution in [2.75, 3.05) is 12.3 Å². The summed E-state index contributed by atoms with van der Waals surface area (Å²) in [6.45, 7) is 10.5. The molecule has 1 aliphatic heterocycles. The lowest BCUT2D eigenvalue weighted by Gasteiger charge is -2.30. The number of hydrogen-bond donors (Lipinski definition) is 1. The van der Waals surface area contributed by atoms with E-state index in [9.17, 15) is 0 Å². The fourth-order valence-electron chi connectivity index (χ4n) is 1.42. The lowest BCUT2D eigenvalue weighted by atomic mass is 9.88. The lowest BCUT2D eigenvalue weighted by molar-refractivity contribution is 0.294. The van der Waals surface area contributed by atoms with Gasteiger partial charge in [-0.1, -0.05) is 27.7 Å². The number of rotatable bonds is 0. The van der Waals surface area contributed by atoms with Crippen LogP contribution < -0.4 is 5.32 Å². The first-order valence-electron chi connectivity index (χ1n) is 4.85. The molecule has 72 valence electrons. The van der Waals surface area contributed by atoms with Crippen LogP contribution in [-0.4, -0.2) is 23.6 Å². The molecule has 0 aromatic rings. The zero-order valence-electron chi connectivity index (χ0n) is 8.68. The molecule has 1 rings (SSSR count). The fourth-order valence-corrected chi connectivity index (χ4v) is 2.84. The molecule has 2 unspecified atom stereocenters. The smallest absolute Gasteiger partial charge is 0.0206 e. The maximum atomic E-state index is 3.63. The van der Waals surface area contributed by atoms with Crippen LogP contribution >= 0.6 is 11.8 Å². The highest BCUT2D eigenvalue weighted by Crippen LogP contribution is 2.27. The molecule has 1 fully saturated rings. The van der Waals surface area contributed by atoms with E-state index in [1.54, 1.807) is 0 Å². The van der Waals surface area contributed by atoms with Crippen molar-refractivity contribution in [1.29, 1.82) is 0 Å². The molecule has 0 amide bonds. The molecule has 0 aromatic carbocycles. The molecule has 1 aliphatic rings. The first-order chi connectivity index (χ1) is 5.50. The first kappa shape index (κ1) is 10.4. The van der Waals surface area contributed by atoms with Crippen LogP contribution in [0.3, 0.4) is 0 Å². The molecule has 1 heterocycles. The summed E-state index contributed by atoms with van der Waals surface area (Å²) < 4.78 is 0. The maximum absolute atomic E-state index is 3.63. The van der Waals surface area contributed by atoms with Crippen molar-refractivity contribution < 1.29 is 0 Å². The first-order valence-corrected chi connectivity index (χ1v) is 5.90. The Kier molecular flexibility index (Phi) is 3.47. The summed E-state index contributed by atoms with van der Waals surface area (Å²) >= 11 is 2.11. The second kappa shape index (κ2) is 4.01. The van der Waals surface area contributed by atoms with Gasteiger partial charge in [0.15, 0.2) is 0 Å². The summed E-state index contributed by atoms with van der Waals surface area (Å²) in [5.74, 6) is 1.27. The molecule has 1 nitrogen and oxygen atoms in total. The van der Waals surface area contributed by atoms with Crippen molar-refractivity contribution in [3.05, 3.63) is 0 Å². The van der Waals surface area contributed by atoms with E-state index in [1.165, 1.54) is 18.7 Å². The standard InChI is InChI=1S/C10H21NS/c1-8-5-6-11-9(7-12-8)10(2,3)4/h8-9,11H,5-7H2,1-4H3. The summed E-state index contributed by atoms with van der Waals surface area (Å²) in [5, 5.41) is 4.47. The van der Waals surface area contributed by atoms with Crippen LogP contribution in [0, 0.1) is 5.41 Å². The van der Waals surface area contributed by atoms with Gasteiger partial charge >= 0.3 is 0 Å². The van der Waals surface area contributed by atoms with Gasteiger partial charge in [-0.2, -0.15) is 11.8 Å². The highest BCUT2D eigenvalue weighted by Gasteiger charge is 2.26. The van der Waals surface area contributed by atoms with Gasteiger partial charge in [-0.25, -0.2) is 0 Å². The molecule has 0 spiro atoms. The van der Waals surface area contributed by atoms with Gasteiger partial charge < -0.3 is 5.32 Å². The Labute approximate surface area is 80.7 Å². The molecule has 12 heavy (non-hydrogen) atoms. The van der Waals surface area contributed by atoms with Crippen molar-refractivity contribution >= 4 is 11.8 Å². The second-order valence-corrected chi connectivity index (χ2v) is 6.28. The SMILES string of the molecule is CC1CCNC(C(C)(C)C)CS1. The van der Waals surface area contributed by atoms with Crippen LogP contribution in [0.1, 0.15) is 34.1 Å². The minimum Gasteiger partial charge on any atom is -0.313 e. The topological polar surface area (TPSA) is 12.0 Å². The van der Waals surface area contributed by atoms with Crippen molar-refractivity contribution in [2.45, 2.75) is 45.4 Å². The van der Waals surface area contributed by atoms with E-state index in [4.69, 9.17) is 0 Å². The molecule has 0 aliphatic carbocycles. The highest BCUT2D eigenvalue weighted by molar-refractivity contribution is 7.99. The van der Waals surface area contributed by atoms with Gasteiger partial charge in [-0.15, -0.1) is 0 Å². The Hall–Kier alpha value is 0.310. The molecule has 0 bridgehead atoms. The van der Waals surface area contributed by atoms with E-state index < -0.39 is 0 Å². The largest absolute Gasteiger partial charge is 0.313 e. The molecular weight excluding hydrogens is 166 g/mol. The lowest BCUT2D eigenvalue weighted by Crippen LogP contribution is -2.41. The van der Waals surface area contributed by atoms with Gasteiger partial charge in [0, 0.05) is 17.0 Å². The van der Waals surface area contributed by atoms with Crippen LogP contribution in [0.25, 0.3) is 0 Å². The van der Waals surface area contributed by atoms with Crippen LogP contribution in [0.5, 0.6) is 0 Å². The van der Waals surface area contributed by atoms with Crippen molar-refractivity contribution in [3.63, 3.8) is 0 Å². The third kappa shape index (κ3) is 2.98. The zero-order chi connectivity index (χ0) is 9.19. The Morgan fingerprint density at radius 1 is 1.33 bits per heavy atom. The van der Waals surface area contributed by atoms with Crippen LogP contribution in [0.2, 0.25) is 0 Å². The number of nitrogens with one attached hydrogen (secondary N) is 1. The molecular formula is C10H21NS. The summed E-state index contributed by atoms with van der Waals surface area (Å²) in [7, 11) is 0. The number of thioether (sulfide) groups is 1. The van der Waals surface area contributed by atoms with Gasteiger partial charge in [0.25, 0.3) is 0 Å². The normalized spacial score (nSPS) is 33.0. The third-order valence-electron chi connectivity index (χ3n) is 2.53. The third-order valence-corrected chi connectivity index (χ3v) is 3.86. The monoisotopic (exact) mass is 187 g/mol. The maximum Gasteiger partial charge on any atom is 0.0206 e.